The predicted molar refractivity (Wildman–Crippen MR) is 66.8 cm³/mol. The van der Waals surface area contributed by atoms with Crippen LogP contribution >= 0.6 is 0 Å². The largest absolute Gasteiger partial charge is 0.768 e. The topological polar surface area (TPSA) is 58.6 Å². The summed E-state index contributed by atoms with van der Waals surface area (Å²) >= 11 is -2.19. The van der Waals surface area contributed by atoms with Crippen LogP contribution in [-0.2, 0) is 20.4 Å². The fourth-order valence-electron chi connectivity index (χ4n) is 3.08. The fraction of sp³-hybridized carbons (Fsp3) is 0.455. The highest BCUT2D eigenvalue weighted by molar-refractivity contribution is 7.79. The third-order valence-corrected chi connectivity index (χ3v) is 4.86. The number of hydrogen-bond donors (Lipinski definition) is 0. The minimum atomic E-state index is -2.19. The molecule has 2 aliphatic rings. The van der Waals surface area contributed by atoms with Crippen LogP contribution in [0.2, 0.25) is 0 Å². The van der Waals surface area contributed by atoms with Crippen molar-refractivity contribution in [2.24, 2.45) is 0 Å². The van der Waals surface area contributed by atoms with Gasteiger partial charge in [0.15, 0.2) is 0 Å². The van der Waals surface area contributed by atoms with Crippen LogP contribution in [0.5, 0.6) is 0 Å². The van der Waals surface area contributed by atoms with E-state index >= 15 is 0 Å². The first-order valence-corrected chi connectivity index (χ1v) is 7.11. The molecule has 7 heteroatoms. The highest BCUT2D eigenvalue weighted by Gasteiger charge is 2.57. The average molecular weight is 268 g/mol. The molecule has 0 radical (unpaired) electrons. The molecule has 2 fully saturated rings. The number of benzene rings is 1. The van der Waals surface area contributed by atoms with E-state index in [1.165, 1.54) is 0 Å². The maximum absolute atomic E-state index is 10.9. The molecule has 1 atom stereocenters. The zero-order chi connectivity index (χ0) is 12.8. The average Bonchev–Trinajstić information content (AvgIpc) is 2.83. The van der Waals surface area contributed by atoms with Gasteiger partial charge in [0.2, 0.25) is 0 Å². The molecule has 3 rings (SSSR count). The lowest BCUT2D eigenvalue weighted by molar-refractivity contribution is -0.798. The van der Waals surface area contributed by atoms with Crippen molar-refractivity contribution in [2.75, 3.05) is 33.4 Å². The van der Waals surface area contributed by atoms with Gasteiger partial charge in [0.25, 0.3) is 0 Å². The van der Waals surface area contributed by atoms with Gasteiger partial charge in [0.05, 0.1) is 26.3 Å². The fourth-order valence-corrected chi connectivity index (χ4v) is 3.43. The molecule has 0 aliphatic carbocycles. The van der Waals surface area contributed by atoms with Crippen LogP contribution < -0.4 is 5.46 Å². The Morgan fingerprint density at radius 3 is 2.28 bits per heavy atom. The minimum absolute atomic E-state index is 0.288. The minimum Gasteiger partial charge on any atom is -0.768 e. The van der Waals surface area contributed by atoms with E-state index in [9.17, 15) is 8.76 Å². The monoisotopic (exact) mass is 268 g/mol. The van der Waals surface area contributed by atoms with Crippen LogP contribution in [0.4, 0.5) is 0 Å². The number of rotatable bonds is 2. The lowest BCUT2D eigenvalue weighted by atomic mass is 9.61. The molecule has 18 heavy (non-hydrogen) atoms. The number of nitrogens with zero attached hydrogens (tertiary/aromatic N) is 1. The van der Waals surface area contributed by atoms with E-state index in [2.05, 4.69) is 7.05 Å². The van der Waals surface area contributed by atoms with Crippen molar-refractivity contribution in [2.45, 2.75) is 4.90 Å². The predicted octanol–water partition coefficient (Wildman–Crippen LogP) is -0.422. The molecule has 0 aromatic heterocycles. The highest BCUT2D eigenvalue weighted by atomic mass is 32.2. The molecule has 1 aromatic rings. The Balaban J connectivity index is 2.01. The van der Waals surface area contributed by atoms with Gasteiger partial charge in [-0.05, 0) is 23.2 Å². The smallest absolute Gasteiger partial charge is 0.502 e. The molecule has 1 aromatic carbocycles. The van der Waals surface area contributed by atoms with Gasteiger partial charge in [-0.1, -0.05) is 17.6 Å². The van der Waals surface area contributed by atoms with Crippen LogP contribution in [-0.4, -0.2) is 53.2 Å². The summed E-state index contributed by atoms with van der Waals surface area (Å²) in [5, 5.41) is 0. The summed E-state index contributed by atoms with van der Waals surface area (Å²) in [7, 11) is 2.14. The van der Waals surface area contributed by atoms with Crippen LogP contribution in [0.3, 0.4) is 0 Å². The second-order valence-electron chi connectivity index (χ2n) is 5.14. The van der Waals surface area contributed by atoms with Gasteiger partial charge in [0, 0.05) is 11.9 Å². The maximum atomic E-state index is 10.9. The Labute approximate surface area is 109 Å². The van der Waals surface area contributed by atoms with Gasteiger partial charge in [-0.3, -0.25) is 4.21 Å². The molecular weight excluding hydrogens is 253 g/mol. The molecule has 5 nitrogen and oxygen atoms in total. The molecule has 98 valence electrons. The van der Waals surface area contributed by atoms with Crippen molar-refractivity contribution in [1.29, 1.82) is 0 Å². The molecule has 0 N–H and O–H groups in total. The lowest BCUT2D eigenvalue weighted by Crippen LogP contribution is -2.67. The van der Waals surface area contributed by atoms with Crippen molar-refractivity contribution in [3.63, 3.8) is 0 Å². The summed E-state index contributed by atoms with van der Waals surface area (Å²) in [6, 6.07) is 6.81. The molecule has 0 amide bonds. The van der Waals surface area contributed by atoms with Crippen LogP contribution in [0, 0.1) is 0 Å². The number of likely N-dealkylation sites (N-methyl/N-ethyl adjacent to an activating group) is 1. The summed E-state index contributed by atoms with van der Waals surface area (Å²) in [6.45, 7) is 1.75. The quantitative estimate of drug-likeness (QED) is 0.540. The molecule has 2 saturated heterocycles. The maximum Gasteiger partial charge on any atom is 0.502 e. The lowest BCUT2D eigenvalue weighted by Gasteiger charge is -2.43. The van der Waals surface area contributed by atoms with Crippen molar-refractivity contribution < 1.29 is 22.5 Å². The van der Waals surface area contributed by atoms with Gasteiger partial charge >= 0.3 is 6.69 Å². The summed E-state index contributed by atoms with van der Waals surface area (Å²) in [5.74, 6) is 0. The van der Waals surface area contributed by atoms with Crippen molar-refractivity contribution in [1.82, 2.24) is 0 Å². The van der Waals surface area contributed by atoms with Crippen molar-refractivity contribution in [3.8, 4) is 0 Å². The van der Waals surface area contributed by atoms with E-state index in [0.29, 0.717) is 13.2 Å². The van der Waals surface area contributed by atoms with Crippen molar-refractivity contribution >= 4 is 23.2 Å². The standard InChI is InChI=1S/C11H16BNO4S/c1-13-6-8-16-12(13,17-9-7-13)10-2-4-11(5-3-10)18(14)15/h2-5H,6-9H2,1H3,(H,14,15)/p-1. The highest BCUT2D eigenvalue weighted by Crippen LogP contribution is 2.31. The van der Waals surface area contributed by atoms with Crippen molar-refractivity contribution in [3.05, 3.63) is 24.3 Å². The first-order valence-electron chi connectivity index (χ1n) is 6.03. The normalized spacial score (nSPS) is 36.6. The first-order chi connectivity index (χ1) is 8.57. The Kier molecular flexibility index (Phi) is 2.83. The van der Waals surface area contributed by atoms with Gasteiger partial charge in [-0.15, -0.1) is 0 Å². The number of quaternary nitrogens is 1. The molecule has 1 unspecified atom stereocenters. The van der Waals surface area contributed by atoms with E-state index in [1.54, 1.807) is 24.3 Å². The van der Waals surface area contributed by atoms with Crippen LogP contribution in [0.25, 0.3) is 0 Å². The summed E-state index contributed by atoms with van der Waals surface area (Å²) in [5.41, 5.74) is 0.946. The molecule has 0 bridgehead atoms. The Morgan fingerprint density at radius 1 is 1.22 bits per heavy atom. The van der Waals surface area contributed by atoms with Gasteiger partial charge in [0.1, 0.15) is 0 Å². The summed E-state index contributed by atoms with van der Waals surface area (Å²) in [6.07, 6.45) is 0. The summed E-state index contributed by atoms with van der Waals surface area (Å²) in [4.78, 5) is 0.288. The second kappa shape index (κ2) is 4.14. The third kappa shape index (κ3) is 1.59. The van der Waals surface area contributed by atoms with Crippen LogP contribution in [0.15, 0.2) is 29.2 Å². The second-order valence-corrected chi connectivity index (χ2v) is 6.08. The molecule has 0 saturated carbocycles. The van der Waals surface area contributed by atoms with Gasteiger partial charge in [-0.2, -0.15) is 0 Å². The molecule has 0 spiro atoms. The van der Waals surface area contributed by atoms with E-state index < -0.39 is 17.8 Å². The van der Waals surface area contributed by atoms with E-state index in [1.807, 2.05) is 0 Å². The number of fused-ring (bicyclic) bond motifs is 1. The third-order valence-electron chi connectivity index (χ3n) is 4.21. The summed E-state index contributed by atoms with van der Waals surface area (Å²) < 4.78 is 34.3. The molecule has 2 aliphatic heterocycles. The Hall–Kier alpha value is -0.725. The zero-order valence-corrected chi connectivity index (χ0v) is 11.0. The zero-order valence-electron chi connectivity index (χ0n) is 10.2. The Morgan fingerprint density at radius 2 is 1.78 bits per heavy atom. The molecular formula is C11H15BNO4S-. The van der Waals surface area contributed by atoms with Crippen LogP contribution in [0.1, 0.15) is 0 Å². The van der Waals surface area contributed by atoms with E-state index in [4.69, 9.17) is 9.31 Å². The SMILES string of the molecule is C[N+]12CCO[B-]1(c1ccc(S(=O)[O-])cc1)OCC2. The van der Waals surface area contributed by atoms with Gasteiger partial charge < -0.3 is 18.3 Å². The number of hydrogen-bond acceptors (Lipinski definition) is 4. The first kappa shape index (κ1) is 12.3. The van der Waals surface area contributed by atoms with Gasteiger partial charge in [-0.25, -0.2) is 0 Å². The molecule has 2 heterocycles. The Bertz CT molecular complexity index is 482. The van der Waals surface area contributed by atoms with E-state index in [-0.39, 0.29) is 4.90 Å². The van der Waals surface area contributed by atoms with E-state index in [0.717, 1.165) is 22.9 Å².